The molecule has 152 valence electrons. The lowest BCUT2D eigenvalue weighted by Crippen LogP contribution is -2.47. The zero-order valence-electron chi connectivity index (χ0n) is 15.8. The Morgan fingerprint density at radius 3 is 2.73 bits per heavy atom. The summed E-state index contributed by atoms with van der Waals surface area (Å²) in [6, 6.07) is 8.87. The predicted octanol–water partition coefficient (Wildman–Crippen LogP) is 2.38. The van der Waals surface area contributed by atoms with Gasteiger partial charge in [-0.15, -0.1) is 0 Å². The Kier molecular flexibility index (Phi) is 4.68. The van der Waals surface area contributed by atoms with Gasteiger partial charge in [-0.1, -0.05) is 17.7 Å². The first-order valence-electron chi connectivity index (χ1n) is 9.49. The molecule has 0 aliphatic carbocycles. The molecule has 2 aliphatic rings. The van der Waals surface area contributed by atoms with Crippen molar-refractivity contribution < 1.29 is 14.3 Å². The first kappa shape index (κ1) is 18.7. The third-order valence-electron chi connectivity index (χ3n) is 5.09. The lowest BCUT2D eigenvalue weighted by atomic mass is 10.2. The fraction of sp³-hybridized carbons (Fsp3) is 0.250. The van der Waals surface area contributed by atoms with Crippen molar-refractivity contribution in [3.8, 4) is 0 Å². The van der Waals surface area contributed by atoms with Gasteiger partial charge in [0.25, 0.3) is 5.91 Å². The number of anilines is 1. The molecule has 2 amide bonds. The zero-order valence-corrected chi connectivity index (χ0v) is 16.5. The number of halogens is 1. The summed E-state index contributed by atoms with van der Waals surface area (Å²) >= 11 is 6.10. The average Bonchev–Trinajstić information content (AvgIpc) is 3.05. The van der Waals surface area contributed by atoms with E-state index < -0.39 is 18.2 Å². The normalized spacial score (nSPS) is 18.6. The van der Waals surface area contributed by atoms with E-state index in [1.807, 2.05) is 12.1 Å². The van der Waals surface area contributed by atoms with Crippen LogP contribution in [0.25, 0.3) is 10.9 Å². The lowest BCUT2D eigenvalue weighted by Gasteiger charge is -2.30. The third-order valence-corrected chi connectivity index (χ3v) is 5.33. The van der Waals surface area contributed by atoms with E-state index in [4.69, 9.17) is 16.3 Å². The van der Waals surface area contributed by atoms with Gasteiger partial charge >= 0.3 is 6.09 Å². The van der Waals surface area contributed by atoms with Crippen LogP contribution in [0.1, 0.15) is 22.4 Å². The number of hydrogen-bond donors (Lipinski definition) is 1. The smallest absolute Gasteiger partial charge is 0.412 e. The van der Waals surface area contributed by atoms with Gasteiger partial charge in [-0.2, -0.15) is 0 Å². The van der Waals surface area contributed by atoms with Crippen LogP contribution < -0.4 is 10.2 Å². The maximum atomic E-state index is 13.1. The molecule has 2 aromatic heterocycles. The molecule has 0 radical (unpaired) electrons. The second-order valence-electron chi connectivity index (χ2n) is 6.94. The number of hydrogen-bond acceptors (Lipinski definition) is 7. The summed E-state index contributed by atoms with van der Waals surface area (Å²) in [6.07, 6.45) is 1.34. The van der Waals surface area contributed by atoms with E-state index >= 15 is 0 Å². The number of aromatic nitrogens is 3. The molecule has 0 saturated carbocycles. The Morgan fingerprint density at radius 2 is 1.90 bits per heavy atom. The maximum absolute atomic E-state index is 13.1. The molecule has 1 N–H and O–H groups in total. The maximum Gasteiger partial charge on any atom is 0.412 e. The van der Waals surface area contributed by atoms with Crippen molar-refractivity contribution in [1.82, 2.24) is 25.2 Å². The molecule has 1 saturated heterocycles. The highest BCUT2D eigenvalue weighted by Gasteiger charge is 2.44. The average molecular weight is 425 g/mol. The summed E-state index contributed by atoms with van der Waals surface area (Å²) in [7, 11) is 0. The highest BCUT2D eigenvalue weighted by Crippen LogP contribution is 2.36. The van der Waals surface area contributed by atoms with Crippen LogP contribution in [0, 0.1) is 0 Å². The van der Waals surface area contributed by atoms with Gasteiger partial charge in [0.2, 0.25) is 6.23 Å². The highest BCUT2D eigenvalue weighted by molar-refractivity contribution is 6.31. The summed E-state index contributed by atoms with van der Waals surface area (Å²) in [6.45, 7) is 2.43. The number of carbonyl (C=O) groups excluding carboxylic acids is 2. The molecule has 4 heterocycles. The van der Waals surface area contributed by atoms with Gasteiger partial charge in [-0.3, -0.25) is 9.78 Å². The standard InChI is InChI=1S/C20H17ClN6O3/c21-13-3-1-12-2-4-15(25-14(12)11-13)27-18(28)16-17(24-6-5-23-16)19(27)30-20(29)26-9-7-22-8-10-26/h1-6,11,19,22H,7-10H2. The molecule has 5 rings (SSSR count). The molecule has 1 atom stereocenters. The van der Waals surface area contributed by atoms with Crippen LogP contribution >= 0.6 is 11.6 Å². The monoisotopic (exact) mass is 424 g/mol. The van der Waals surface area contributed by atoms with Crippen LogP contribution in [0.5, 0.6) is 0 Å². The molecule has 0 bridgehead atoms. The Morgan fingerprint density at radius 1 is 1.13 bits per heavy atom. The number of rotatable bonds is 2. The predicted molar refractivity (Wildman–Crippen MR) is 109 cm³/mol. The number of ether oxygens (including phenoxy) is 1. The molecule has 2 aliphatic heterocycles. The summed E-state index contributed by atoms with van der Waals surface area (Å²) in [5.74, 6) is -0.0993. The van der Waals surface area contributed by atoms with E-state index in [9.17, 15) is 9.59 Å². The van der Waals surface area contributed by atoms with Crippen molar-refractivity contribution in [3.63, 3.8) is 0 Å². The van der Waals surface area contributed by atoms with Gasteiger partial charge in [-0.05, 0) is 24.3 Å². The van der Waals surface area contributed by atoms with Crippen LogP contribution in [-0.2, 0) is 4.74 Å². The first-order valence-corrected chi connectivity index (χ1v) is 9.87. The zero-order chi connectivity index (χ0) is 20.7. The summed E-state index contributed by atoms with van der Waals surface area (Å²) in [5, 5.41) is 4.59. The van der Waals surface area contributed by atoms with Crippen LogP contribution in [-0.4, -0.2) is 58.0 Å². The van der Waals surface area contributed by atoms with E-state index in [-0.39, 0.29) is 5.69 Å². The van der Waals surface area contributed by atoms with E-state index in [0.29, 0.717) is 48.2 Å². The van der Waals surface area contributed by atoms with E-state index in [2.05, 4.69) is 20.3 Å². The van der Waals surface area contributed by atoms with Gasteiger partial charge in [-0.25, -0.2) is 19.7 Å². The second-order valence-corrected chi connectivity index (χ2v) is 7.38. The van der Waals surface area contributed by atoms with Gasteiger partial charge in [0.05, 0.1) is 5.52 Å². The van der Waals surface area contributed by atoms with Crippen molar-refractivity contribution in [2.45, 2.75) is 6.23 Å². The SMILES string of the molecule is O=C(OC1c2nccnc2C(=O)N1c1ccc2ccc(Cl)cc2n1)N1CCNCC1. The number of amides is 2. The number of fused-ring (bicyclic) bond motifs is 2. The number of nitrogens with one attached hydrogen (secondary N) is 1. The number of nitrogens with zero attached hydrogens (tertiary/aromatic N) is 5. The molecule has 10 heteroatoms. The Labute approximate surface area is 176 Å². The molecule has 1 fully saturated rings. The van der Waals surface area contributed by atoms with E-state index in [1.165, 1.54) is 17.3 Å². The van der Waals surface area contributed by atoms with Crippen molar-refractivity contribution in [1.29, 1.82) is 0 Å². The molecule has 0 spiro atoms. The highest BCUT2D eigenvalue weighted by atomic mass is 35.5. The third kappa shape index (κ3) is 3.21. The minimum atomic E-state index is -1.05. The van der Waals surface area contributed by atoms with Crippen molar-refractivity contribution in [2.24, 2.45) is 0 Å². The number of benzene rings is 1. The largest absolute Gasteiger partial charge is 0.419 e. The van der Waals surface area contributed by atoms with Gasteiger partial charge in [0.1, 0.15) is 11.5 Å². The lowest BCUT2D eigenvalue weighted by molar-refractivity contribution is 0.0565. The molecule has 30 heavy (non-hydrogen) atoms. The fourth-order valence-corrected chi connectivity index (χ4v) is 3.77. The van der Waals surface area contributed by atoms with Gasteiger partial charge < -0.3 is 15.0 Å². The minimum Gasteiger partial charge on any atom is -0.419 e. The van der Waals surface area contributed by atoms with E-state index in [0.717, 1.165) is 5.39 Å². The van der Waals surface area contributed by atoms with E-state index in [1.54, 1.807) is 23.1 Å². The Hall–Kier alpha value is -3.30. The Balaban J connectivity index is 1.53. The summed E-state index contributed by atoms with van der Waals surface area (Å²) in [4.78, 5) is 41.8. The van der Waals surface area contributed by atoms with Crippen LogP contribution in [0.15, 0.2) is 42.7 Å². The molecular formula is C20H17ClN6O3. The van der Waals surface area contributed by atoms with Crippen molar-refractivity contribution >= 4 is 40.3 Å². The summed E-state index contributed by atoms with van der Waals surface area (Å²) < 4.78 is 5.75. The minimum absolute atomic E-state index is 0.142. The Bertz CT molecular complexity index is 1150. The van der Waals surface area contributed by atoms with Crippen molar-refractivity contribution in [2.75, 3.05) is 31.1 Å². The van der Waals surface area contributed by atoms with Crippen LogP contribution in [0.2, 0.25) is 5.02 Å². The topological polar surface area (TPSA) is 101 Å². The molecular weight excluding hydrogens is 408 g/mol. The molecule has 3 aromatic rings. The number of pyridine rings is 1. The quantitative estimate of drug-likeness (QED) is 0.674. The van der Waals surface area contributed by atoms with Gasteiger partial charge in [0.15, 0.2) is 5.69 Å². The first-order chi connectivity index (χ1) is 14.6. The summed E-state index contributed by atoms with van der Waals surface area (Å²) in [5.41, 5.74) is 1.06. The fourth-order valence-electron chi connectivity index (χ4n) is 3.60. The number of piperazine rings is 1. The van der Waals surface area contributed by atoms with Crippen LogP contribution in [0.3, 0.4) is 0 Å². The van der Waals surface area contributed by atoms with Gasteiger partial charge in [0, 0.05) is 49.0 Å². The molecule has 9 nitrogen and oxygen atoms in total. The molecule has 1 unspecified atom stereocenters. The molecule has 1 aromatic carbocycles. The van der Waals surface area contributed by atoms with Crippen molar-refractivity contribution in [3.05, 3.63) is 59.1 Å². The number of carbonyl (C=O) groups is 2. The second kappa shape index (κ2) is 7.51. The van der Waals surface area contributed by atoms with Crippen LogP contribution in [0.4, 0.5) is 10.6 Å².